The number of hydrogen-bond donors (Lipinski definition) is 1. The summed E-state index contributed by atoms with van der Waals surface area (Å²) in [5, 5.41) is 0.821. The van der Waals surface area contributed by atoms with Gasteiger partial charge in [-0.15, -0.1) is 0 Å². The van der Waals surface area contributed by atoms with E-state index in [4.69, 9.17) is 22.1 Å². The molecule has 0 aliphatic carbocycles. The summed E-state index contributed by atoms with van der Waals surface area (Å²) in [5.41, 5.74) is 6.66. The molecule has 14 heavy (non-hydrogen) atoms. The molecule has 1 aromatic carbocycles. The molecule has 2 N–H and O–H groups in total. The molecule has 0 amide bonds. The van der Waals surface area contributed by atoms with E-state index in [1.165, 1.54) is 5.56 Å². The third-order valence-electron chi connectivity index (χ3n) is 2.62. The van der Waals surface area contributed by atoms with Gasteiger partial charge in [0, 0.05) is 16.5 Å². The third kappa shape index (κ3) is 1.72. The Morgan fingerprint density at radius 3 is 3.14 bits per heavy atom. The molecule has 0 spiro atoms. The molecule has 0 aromatic heterocycles. The van der Waals surface area contributed by atoms with Crippen molar-refractivity contribution in [3.63, 3.8) is 0 Å². The Hall–Kier alpha value is -0.730. The quantitative estimate of drug-likeness (QED) is 0.834. The van der Waals surface area contributed by atoms with Crippen LogP contribution in [0.25, 0.3) is 0 Å². The van der Waals surface area contributed by atoms with Crippen LogP contribution in [-0.4, -0.2) is 13.2 Å². The topological polar surface area (TPSA) is 35.2 Å². The summed E-state index contributed by atoms with van der Waals surface area (Å²) in [5.74, 6) is 1.38. The van der Waals surface area contributed by atoms with Crippen molar-refractivity contribution in [3.8, 4) is 5.75 Å². The van der Waals surface area contributed by atoms with Gasteiger partial charge >= 0.3 is 0 Å². The maximum absolute atomic E-state index is 6.13. The Labute approximate surface area is 89.0 Å². The first-order valence-electron chi connectivity index (χ1n) is 4.94. The second kappa shape index (κ2) is 4.20. The Morgan fingerprint density at radius 1 is 1.50 bits per heavy atom. The van der Waals surface area contributed by atoms with Crippen molar-refractivity contribution in [2.45, 2.75) is 18.8 Å². The summed E-state index contributed by atoms with van der Waals surface area (Å²) in [4.78, 5) is 0. The summed E-state index contributed by atoms with van der Waals surface area (Å²) in [6.45, 7) is 1.48. The van der Waals surface area contributed by atoms with E-state index in [1.54, 1.807) is 0 Å². The van der Waals surface area contributed by atoms with Crippen LogP contribution in [0.5, 0.6) is 5.75 Å². The van der Waals surface area contributed by atoms with Crippen molar-refractivity contribution < 1.29 is 4.74 Å². The van der Waals surface area contributed by atoms with Crippen LogP contribution in [0.1, 0.15) is 24.3 Å². The molecular formula is C11H14ClNO. The van der Waals surface area contributed by atoms with Crippen molar-refractivity contribution in [3.05, 3.63) is 28.8 Å². The zero-order valence-corrected chi connectivity index (χ0v) is 8.76. The molecule has 1 unspecified atom stereocenters. The van der Waals surface area contributed by atoms with E-state index in [1.807, 2.05) is 18.2 Å². The first-order valence-corrected chi connectivity index (χ1v) is 5.32. The minimum Gasteiger partial charge on any atom is -0.493 e. The minimum absolute atomic E-state index is 0.433. The van der Waals surface area contributed by atoms with Crippen molar-refractivity contribution in [1.29, 1.82) is 0 Å². The Kier molecular flexibility index (Phi) is 2.94. The summed E-state index contributed by atoms with van der Waals surface area (Å²) in [6.07, 6.45) is 2.09. The molecule has 76 valence electrons. The van der Waals surface area contributed by atoms with Crippen LogP contribution in [0.3, 0.4) is 0 Å². The van der Waals surface area contributed by atoms with Crippen LogP contribution in [-0.2, 0) is 0 Å². The first-order chi connectivity index (χ1) is 6.83. The highest BCUT2D eigenvalue weighted by Crippen LogP contribution is 2.40. The van der Waals surface area contributed by atoms with E-state index >= 15 is 0 Å². The summed E-state index contributed by atoms with van der Waals surface area (Å²) >= 11 is 6.13. The number of hydrogen-bond acceptors (Lipinski definition) is 2. The van der Waals surface area contributed by atoms with E-state index in [0.717, 1.165) is 36.8 Å². The van der Waals surface area contributed by atoms with Crippen molar-refractivity contribution >= 4 is 11.6 Å². The zero-order chi connectivity index (χ0) is 9.97. The molecule has 0 radical (unpaired) electrons. The second-order valence-corrected chi connectivity index (χ2v) is 4.00. The molecule has 1 aliphatic rings. The number of halogens is 1. The lowest BCUT2D eigenvalue weighted by molar-refractivity contribution is 0.324. The highest BCUT2D eigenvalue weighted by Gasteiger charge is 2.25. The van der Waals surface area contributed by atoms with Crippen LogP contribution in [0.15, 0.2) is 18.2 Å². The number of nitrogens with two attached hydrogens (primary N) is 1. The van der Waals surface area contributed by atoms with Crippen molar-refractivity contribution in [2.24, 2.45) is 5.73 Å². The molecule has 1 heterocycles. The molecule has 1 aromatic rings. The zero-order valence-electron chi connectivity index (χ0n) is 8.00. The van der Waals surface area contributed by atoms with Crippen LogP contribution in [0.4, 0.5) is 0 Å². The molecule has 0 saturated heterocycles. The van der Waals surface area contributed by atoms with Gasteiger partial charge in [-0.05, 0) is 31.5 Å². The van der Waals surface area contributed by atoms with Gasteiger partial charge in [0.05, 0.1) is 6.61 Å². The molecule has 2 nitrogen and oxygen atoms in total. The smallest absolute Gasteiger partial charge is 0.124 e. The predicted octanol–water partition coefficient (Wildman–Crippen LogP) is 2.55. The van der Waals surface area contributed by atoms with Gasteiger partial charge in [-0.2, -0.15) is 0 Å². The van der Waals surface area contributed by atoms with Gasteiger partial charge in [0.15, 0.2) is 0 Å². The molecule has 2 rings (SSSR count). The Morgan fingerprint density at radius 2 is 2.36 bits per heavy atom. The molecular weight excluding hydrogens is 198 g/mol. The predicted molar refractivity (Wildman–Crippen MR) is 58.0 cm³/mol. The summed E-state index contributed by atoms with van der Waals surface area (Å²) in [6, 6.07) is 5.82. The standard InChI is InChI=1S/C11H14ClNO/c12-9-4-1-5-10-11(9)8(7-14-10)3-2-6-13/h1,4-5,8H,2-3,6-7,13H2. The van der Waals surface area contributed by atoms with Gasteiger partial charge in [-0.3, -0.25) is 0 Å². The summed E-state index contributed by atoms with van der Waals surface area (Å²) < 4.78 is 5.56. The highest BCUT2D eigenvalue weighted by atomic mass is 35.5. The van der Waals surface area contributed by atoms with E-state index in [2.05, 4.69) is 0 Å². The highest BCUT2D eigenvalue weighted by molar-refractivity contribution is 6.31. The van der Waals surface area contributed by atoms with Crippen LogP contribution in [0, 0.1) is 0 Å². The Balaban J connectivity index is 2.20. The van der Waals surface area contributed by atoms with Gasteiger partial charge in [-0.1, -0.05) is 17.7 Å². The largest absolute Gasteiger partial charge is 0.493 e. The van der Waals surface area contributed by atoms with E-state index < -0.39 is 0 Å². The fourth-order valence-electron chi connectivity index (χ4n) is 1.90. The maximum atomic E-state index is 6.13. The minimum atomic E-state index is 0.433. The number of benzene rings is 1. The van der Waals surface area contributed by atoms with E-state index in [-0.39, 0.29) is 0 Å². The monoisotopic (exact) mass is 211 g/mol. The van der Waals surface area contributed by atoms with Gasteiger partial charge in [0.1, 0.15) is 5.75 Å². The third-order valence-corrected chi connectivity index (χ3v) is 2.95. The number of rotatable bonds is 3. The van der Waals surface area contributed by atoms with E-state index in [9.17, 15) is 0 Å². The molecule has 1 atom stereocenters. The van der Waals surface area contributed by atoms with Gasteiger partial charge in [0.25, 0.3) is 0 Å². The normalized spacial score (nSPS) is 19.1. The SMILES string of the molecule is NCCCC1COc2cccc(Cl)c21. The van der Waals surface area contributed by atoms with Gasteiger partial charge in [0.2, 0.25) is 0 Å². The Bertz CT molecular complexity index is 327. The molecule has 1 aliphatic heterocycles. The lowest BCUT2D eigenvalue weighted by atomic mass is 9.96. The maximum Gasteiger partial charge on any atom is 0.124 e. The average molecular weight is 212 g/mol. The lowest BCUT2D eigenvalue weighted by Crippen LogP contribution is -2.05. The van der Waals surface area contributed by atoms with E-state index in [0.29, 0.717) is 5.92 Å². The molecule has 0 fully saturated rings. The van der Waals surface area contributed by atoms with Crippen molar-refractivity contribution in [1.82, 2.24) is 0 Å². The van der Waals surface area contributed by atoms with Gasteiger partial charge in [-0.25, -0.2) is 0 Å². The van der Waals surface area contributed by atoms with Crippen LogP contribution >= 0.6 is 11.6 Å². The number of ether oxygens (including phenoxy) is 1. The molecule has 0 bridgehead atoms. The number of fused-ring (bicyclic) bond motifs is 1. The van der Waals surface area contributed by atoms with Gasteiger partial charge < -0.3 is 10.5 Å². The van der Waals surface area contributed by atoms with Crippen molar-refractivity contribution in [2.75, 3.05) is 13.2 Å². The fourth-order valence-corrected chi connectivity index (χ4v) is 2.23. The molecule has 0 saturated carbocycles. The average Bonchev–Trinajstić information content (AvgIpc) is 2.59. The molecule has 3 heteroatoms. The fraction of sp³-hybridized carbons (Fsp3) is 0.455. The second-order valence-electron chi connectivity index (χ2n) is 3.59. The summed E-state index contributed by atoms with van der Waals surface area (Å²) in [7, 11) is 0. The first kappa shape index (κ1) is 9.81. The van der Waals surface area contributed by atoms with Crippen LogP contribution < -0.4 is 10.5 Å². The van der Waals surface area contributed by atoms with Crippen LogP contribution in [0.2, 0.25) is 5.02 Å². The lowest BCUT2D eigenvalue weighted by Gasteiger charge is -2.08.